The number of morpholine rings is 1. The molecular formula is C13H27IN4O4S. The lowest BCUT2D eigenvalue weighted by Gasteiger charge is -2.37. The van der Waals surface area contributed by atoms with Crippen LogP contribution in [0.15, 0.2) is 4.99 Å². The molecule has 2 aliphatic heterocycles. The summed E-state index contributed by atoms with van der Waals surface area (Å²) in [6.07, 6.45) is 2.29. The van der Waals surface area contributed by atoms with Crippen molar-refractivity contribution < 1.29 is 17.9 Å². The number of sulfonamides is 1. The van der Waals surface area contributed by atoms with Crippen molar-refractivity contribution in [3.8, 4) is 0 Å². The second-order valence-electron chi connectivity index (χ2n) is 5.51. The van der Waals surface area contributed by atoms with Gasteiger partial charge in [0.15, 0.2) is 5.96 Å². The molecule has 136 valence electrons. The van der Waals surface area contributed by atoms with Crippen molar-refractivity contribution in [3.05, 3.63) is 0 Å². The number of nitrogens with one attached hydrogen (secondary N) is 1. The topological polar surface area (TPSA) is 106 Å². The Balaban J connectivity index is 0.00000264. The lowest BCUT2D eigenvalue weighted by atomic mass is 10.1. The highest BCUT2D eigenvalue weighted by Crippen LogP contribution is 2.21. The van der Waals surface area contributed by atoms with Crippen LogP contribution in [0.1, 0.15) is 19.8 Å². The van der Waals surface area contributed by atoms with Gasteiger partial charge in [-0.25, -0.2) is 13.6 Å². The van der Waals surface area contributed by atoms with Crippen LogP contribution in [0, 0.1) is 0 Å². The molecule has 0 aromatic rings. The van der Waals surface area contributed by atoms with Gasteiger partial charge in [0, 0.05) is 26.2 Å². The number of guanidine groups is 1. The molecule has 8 nitrogen and oxygen atoms in total. The number of hydrogen-bond acceptors (Lipinski definition) is 5. The zero-order valence-corrected chi connectivity index (χ0v) is 16.6. The summed E-state index contributed by atoms with van der Waals surface area (Å²) in [6.45, 7) is 5.69. The summed E-state index contributed by atoms with van der Waals surface area (Å²) in [7, 11) is -3.49. The fourth-order valence-electron chi connectivity index (χ4n) is 2.69. The molecule has 2 heterocycles. The van der Waals surface area contributed by atoms with Crippen molar-refractivity contribution >= 4 is 40.0 Å². The Morgan fingerprint density at radius 2 is 2.09 bits per heavy atom. The molecule has 0 amide bonds. The lowest BCUT2D eigenvalue weighted by Crippen LogP contribution is -2.53. The van der Waals surface area contributed by atoms with E-state index >= 15 is 0 Å². The average molecular weight is 462 g/mol. The minimum Gasteiger partial charge on any atom is -0.375 e. The molecule has 0 aromatic heterocycles. The average Bonchev–Trinajstić information content (AvgIpc) is 2.99. The van der Waals surface area contributed by atoms with Crippen LogP contribution < -0.4 is 10.5 Å². The number of aliphatic imine (C=N–C) groups is 1. The molecule has 0 radical (unpaired) electrons. The summed E-state index contributed by atoms with van der Waals surface area (Å²) in [6, 6.07) is 0. The number of rotatable bonds is 5. The summed E-state index contributed by atoms with van der Waals surface area (Å²) in [4.78, 5) is 6.46. The Kier molecular flexibility index (Phi) is 9.04. The largest absolute Gasteiger partial charge is 0.375 e. The molecule has 0 saturated carbocycles. The third kappa shape index (κ3) is 7.08. The van der Waals surface area contributed by atoms with Crippen LogP contribution in [0.4, 0.5) is 0 Å². The van der Waals surface area contributed by atoms with Crippen LogP contribution in [0.5, 0.6) is 0 Å². The molecule has 10 heteroatoms. The van der Waals surface area contributed by atoms with Gasteiger partial charge in [-0.15, -0.1) is 24.0 Å². The van der Waals surface area contributed by atoms with Gasteiger partial charge in [-0.2, -0.15) is 0 Å². The number of nitrogens with zero attached hydrogens (tertiary/aromatic N) is 2. The third-order valence-corrected chi connectivity index (χ3v) is 4.50. The van der Waals surface area contributed by atoms with Crippen molar-refractivity contribution in [1.29, 1.82) is 0 Å². The Hall–Kier alpha value is -0.170. The molecule has 2 saturated heterocycles. The van der Waals surface area contributed by atoms with E-state index < -0.39 is 10.0 Å². The van der Waals surface area contributed by atoms with Gasteiger partial charge < -0.3 is 19.7 Å². The molecule has 0 aromatic carbocycles. The van der Waals surface area contributed by atoms with Crippen LogP contribution in [-0.4, -0.2) is 76.6 Å². The highest BCUT2D eigenvalue weighted by atomic mass is 127. The minimum atomic E-state index is -3.49. The molecule has 2 rings (SSSR count). The maximum atomic E-state index is 11.0. The molecular weight excluding hydrogens is 435 g/mol. The van der Waals surface area contributed by atoms with E-state index in [1.165, 1.54) is 0 Å². The molecule has 2 atom stereocenters. The van der Waals surface area contributed by atoms with Crippen LogP contribution in [-0.2, 0) is 19.5 Å². The van der Waals surface area contributed by atoms with Gasteiger partial charge in [-0.05, 0) is 19.8 Å². The maximum Gasteiger partial charge on any atom is 0.210 e. The molecule has 0 aliphatic carbocycles. The first kappa shape index (κ1) is 20.9. The zero-order chi connectivity index (χ0) is 16.0. The number of hydrogen-bond donors (Lipinski definition) is 2. The van der Waals surface area contributed by atoms with Crippen molar-refractivity contribution in [2.45, 2.75) is 32.0 Å². The summed E-state index contributed by atoms with van der Waals surface area (Å²) in [5.41, 5.74) is 0. The molecule has 0 bridgehead atoms. The first-order valence-electron chi connectivity index (χ1n) is 7.76. The number of primary sulfonamides is 1. The summed E-state index contributed by atoms with van der Waals surface area (Å²) in [5, 5.41) is 8.20. The van der Waals surface area contributed by atoms with Gasteiger partial charge in [-0.3, -0.25) is 4.99 Å². The molecule has 2 aliphatic rings. The smallest absolute Gasteiger partial charge is 0.210 e. The highest BCUT2D eigenvalue weighted by molar-refractivity contribution is 14.0. The second kappa shape index (κ2) is 9.97. The first-order valence-corrected chi connectivity index (χ1v) is 9.48. The maximum absolute atomic E-state index is 11.0. The predicted octanol–water partition coefficient (Wildman–Crippen LogP) is -0.262. The Labute approximate surface area is 155 Å². The van der Waals surface area contributed by atoms with Crippen molar-refractivity contribution in [2.24, 2.45) is 10.1 Å². The van der Waals surface area contributed by atoms with Crippen molar-refractivity contribution in [2.75, 3.05) is 45.1 Å². The van der Waals surface area contributed by atoms with Gasteiger partial charge in [0.05, 0.1) is 25.0 Å². The predicted molar refractivity (Wildman–Crippen MR) is 99.7 cm³/mol. The fourth-order valence-corrected chi connectivity index (χ4v) is 3.04. The van der Waals surface area contributed by atoms with E-state index in [2.05, 4.69) is 15.2 Å². The number of nitrogens with two attached hydrogens (primary N) is 1. The second-order valence-corrected chi connectivity index (χ2v) is 7.24. The number of halogens is 1. The van der Waals surface area contributed by atoms with Gasteiger partial charge in [-0.1, -0.05) is 0 Å². The van der Waals surface area contributed by atoms with Crippen LogP contribution in [0.2, 0.25) is 0 Å². The van der Waals surface area contributed by atoms with E-state index in [0.717, 1.165) is 32.5 Å². The Bertz CT molecular complexity index is 482. The van der Waals surface area contributed by atoms with Gasteiger partial charge in [0.2, 0.25) is 10.0 Å². The van der Waals surface area contributed by atoms with E-state index in [1.54, 1.807) is 0 Å². The molecule has 0 spiro atoms. The quantitative estimate of drug-likeness (QED) is 0.331. The molecule has 23 heavy (non-hydrogen) atoms. The van der Waals surface area contributed by atoms with E-state index in [-0.39, 0.29) is 48.5 Å². The van der Waals surface area contributed by atoms with E-state index in [0.29, 0.717) is 19.1 Å². The van der Waals surface area contributed by atoms with Crippen LogP contribution >= 0.6 is 24.0 Å². The first-order chi connectivity index (χ1) is 10.5. The van der Waals surface area contributed by atoms with E-state index in [1.807, 2.05) is 6.92 Å². The van der Waals surface area contributed by atoms with Gasteiger partial charge in [0.25, 0.3) is 0 Å². The van der Waals surface area contributed by atoms with Crippen LogP contribution in [0.25, 0.3) is 0 Å². The summed E-state index contributed by atoms with van der Waals surface area (Å²) < 4.78 is 33.5. The monoisotopic (exact) mass is 462 g/mol. The highest BCUT2D eigenvalue weighted by Gasteiger charge is 2.32. The summed E-state index contributed by atoms with van der Waals surface area (Å²) >= 11 is 0. The molecule has 3 N–H and O–H groups in total. The van der Waals surface area contributed by atoms with E-state index in [4.69, 9.17) is 14.6 Å². The lowest BCUT2D eigenvalue weighted by molar-refractivity contribution is -0.0816. The Morgan fingerprint density at radius 3 is 2.70 bits per heavy atom. The molecule has 2 fully saturated rings. The summed E-state index contributed by atoms with van der Waals surface area (Å²) in [5.74, 6) is 0.555. The minimum absolute atomic E-state index is 0. The van der Waals surface area contributed by atoms with Crippen molar-refractivity contribution in [1.82, 2.24) is 10.2 Å². The standard InChI is InChI=1S/C13H26N4O4S.HI/c1-2-15-13(16-5-9-22(14,18)19)17-6-8-21-12(10-17)11-4-3-7-20-11;/h11-12H,2-10H2,1H3,(H,15,16)(H2,14,18,19);1H. The van der Waals surface area contributed by atoms with Crippen LogP contribution in [0.3, 0.4) is 0 Å². The number of ether oxygens (including phenoxy) is 2. The van der Waals surface area contributed by atoms with E-state index in [9.17, 15) is 8.42 Å². The zero-order valence-electron chi connectivity index (χ0n) is 13.4. The van der Waals surface area contributed by atoms with Crippen molar-refractivity contribution in [3.63, 3.8) is 0 Å². The van der Waals surface area contributed by atoms with Gasteiger partial charge in [0.1, 0.15) is 6.10 Å². The SMILES string of the molecule is CCNC(=NCCS(N)(=O)=O)N1CCOC(C2CCCO2)C1.I. The third-order valence-electron chi connectivity index (χ3n) is 3.74. The normalized spacial score (nSPS) is 26.0. The Morgan fingerprint density at radius 1 is 1.35 bits per heavy atom. The van der Waals surface area contributed by atoms with Gasteiger partial charge >= 0.3 is 0 Å². The fraction of sp³-hybridized carbons (Fsp3) is 0.923. The molecule has 2 unspecified atom stereocenters.